The van der Waals surface area contributed by atoms with Crippen molar-refractivity contribution in [2.24, 2.45) is 5.92 Å². The van der Waals surface area contributed by atoms with Gasteiger partial charge in [0.1, 0.15) is 0 Å². The van der Waals surface area contributed by atoms with Crippen molar-refractivity contribution in [3.8, 4) is 0 Å². The molecule has 0 radical (unpaired) electrons. The van der Waals surface area contributed by atoms with Gasteiger partial charge in [-0.1, -0.05) is 15.9 Å². The van der Waals surface area contributed by atoms with Crippen LogP contribution in [0.3, 0.4) is 0 Å². The molecule has 0 aromatic carbocycles. The van der Waals surface area contributed by atoms with Crippen molar-refractivity contribution in [1.29, 1.82) is 0 Å². The van der Waals surface area contributed by atoms with Crippen LogP contribution in [0.25, 0.3) is 0 Å². The lowest BCUT2D eigenvalue weighted by Gasteiger charge is -2.56. The van der Waals surface area contributed by atoms with Crippen molar-refractivity contribution in [1.82, 2.24) is 0 Å². The average Bonchev–Trinajstić information content (AvgIpc) is 2.40. The Balaban J connectivity index is 2.98. The highest BCUT2D eigenvalue weighted by atomic mass is 79.9. The molecule has 2 unspecified atom stereocenters. The molecule has 0 N–H and O–H groups in total. The summed E-state index contributed by atoms with van der Waals surface area (Å²) in [5.74, 6) is -2.36. The number of halogens is 1. The van der Waals surface area contributed by atoms with E-state index in [1.807, 2.05) is 0 Å². The molecule has 18 heavy (non-hydrogen) atoms. The molecule has 1 saturated carbocycles. The second-order valence-electron chi connectivity index (χ2n) is 4.05. The van der Waals surface area contributed by atoms with E-state index in [0.717, 1.165) is 0 Å². The minimum atomic E-state index is -1.20. The average molecular weight is 325 g/mol. The van der Waals surface area contributed by atoms with Crippen molar-refractivity contribution in [3.63, 3.8) is 0 Å². The molecule has 0 spiro atoms. The van der Waals surface area contributed by atoms with E-state index in [-0.39, 0.29) is 12.3 Å². The molecule has 1 fully saturated rings. The Bertz CT molecular complexity index is 340. The van der Waals surface area contributed by atoms with Gasteiger partial charge in [-0.3, -0.25) is 9.59 Å². The summed E-state index contributed by atoms with van der Waals surface area (Å²) in [6.07, 6.45) is 0.487. The van der Waals surface area contributed by atoms with Gasteiger partial charge in [0.05, 0.1) is 20.6 Å². The minimum absolute atomic E-state index is 0.0886. The molecule has 0 saturated heterocycles. The molecule has 0 aromatic heterocycles. The minimum Gasteiger partial charge on any atom is -0.469 e. The second kappa shape index (κ2) is 5.54. The summed E-state index contributed by atoms with van der Waals surface area (Å²) in [6.45, 7) is 0. The lowest BCUT2D eigenvalue weighted by atomic mass is 9.65. The van der Waals surface area contributed by atoms with Crippen LogP contribution in [0, 0.1) is 5.92 Å². The first kappa shape index (κ1) is 15.4. The van der Waals surface area contributed by atoms with Crippen LogP contribution in [0.15, 0.2) is 0 Å². The Hall–Kier alpha value is -0.660. The topological polar surface area (TPSA) is 71.1 Å². The third-order valence-corrected chi connectivity index (χ3v) is 4.99. The number of methoxy groups -OCH3 is 4. The van der Waals surface area contributed by atoms with Crippen molar-refractivity contribution in [3.05, 3.63) is 0 Å². The van der Waals surface area contributed by atoms with Gasteiger partial charge in [-0.05, 0) is 0 Å². The molecule has 104 valence electrons. The number of ether oxygens (including phenoxy) is 4. The Morgan fingerprint density at radius 3 is 2.11 bits per heavy atom. The molecule has 1 rings (SSSR count). The van der Waals surface area contributed by atoms with E-state index in [2.05, 4.69) is 20.7 Å². The SMILES string of the molecule is COC(=O)CC1CC(OC)(OC)C1(Br)C(=O)OC. The molecule has 0 aromatic rings. The molecule has 0 amide bonds. The molecule has 2 atom stereocenters. The number of alkyl halides is 1. The van der Waals surface area contributed by atoms with Gasteiger partial charge < -0.3 is 18.9 Å². The van der Waals surface area contributed by atoms with Gasteiger partial charge in [-0.15, -0.1) is 0 Å². The van der Waals surface area contributed by atoms with Gasteiger partial charge in [0, 0.05) is 26.6 Å². The monoisotopic (exact) mass is 324 g/mol. The molecule has 1 aliphatic carbocycles. The van der Waals surface area contributed by atoms with E-state index >= 15 is 0 Å². The number of rotatable bonds is 5. The highest BCUT2D eigenvalue weighted by molar-refractivity contribution is 9.10. The number of hydrogen-bond acceptors (Lipinski definition) is 6. The van der Waals surface area contributed by atoms with E-state index in [9.17, 15) is 9.59 Å². The quantitative estimate of drug-likeness (QED) is 0.424. The first-order valence-corrected chi connectivity index (χ1v) is 6.15. The molecule has 0 heterocycles. The van der Waals surface area contributed by atoms with Gasteiger partial charge in [0.2, 0.25) is 0 Å². The maximum absolute atomic E-state index is 11.9. The number of carbonyl (C=O) groups is 2. The second-order valence-corrected chi connectivity index (χ2v) is 5.30. The fourth-order valence-corrected chi connectivity index (χ4v) is 3.28. The van der Waals surface area contributed by atoms with Crippen molar-refractivity contribution >= 4 is 27.9 Å². The molecule has 0 aliphatic heterocycles. The molecular weight excluding hydrogens is 308 g/mol. The first-order chi connectivity index (χ1) is 8.41. The van der Waals surface area contributed by atoms with E-state index in [1.165, 1.54) is 28.4 Å². The van der Waals surface area contributed by atoms with Gasteiger partial charge in [-0.25, -0.2) is 0 Å². The summed E-state index contributed by atoms with van der Waals surface area (Å²) in [6, 6.07) is 0. The Morgan fingerprint density at radius 1 is 1.17 bits per heavy atom. The van der Waals surface area contributed by atoms with Crippen LogP contribution in [-0.2, 0) is 28.5 Å². The first-order valence-electron chi connectivity index (χ1n) is 5.36. The summed E-state index contributed by atoms with van der Waals surface area (Å²) < 4.78 is 18.7. The zero-order chi connectivity index (χ0) is 14.0. The van der Waals surface area contributed by atoms with E-state index in [0.29, 0.717) is 6.42 Å². The predicted molar refractivity (Wildman–Crippen MR) is 65.2 cm³/mol. The van der Waals surface area contributed by atoms with Crippen LogP contribution in [0.5, 0.6) is 0 Å². The summed E-state index contributed by atoms with van der Waals surface area (Å²) in [4.78, 5) is 23.3. The summed E-state index contributed by atoms with van der Waals surface area (Å²) >= 11 is 3.33. The highest BCUT2D eigenvalue weighted by Crippen LogP contribution is 2.57. The largest absolute Gasteiger partial charge is 0.469 e. The van der Waals surface area contributed by atoms with E-state index < -0.39 is 22.0 Å². The van der Waals surface area contributed by atoms with Crippen molar-refractivity contribution < 1.29 is 28.5 Å². The highest BCUT2D eigenvalue weighted by Gasteiger charge is 2.71. The van der Waals surface area contributed by atoms with Crippen LogP contribution >= 0.6 is 15.9 Å². The van der Waals surface area contributed by atoms with E-state index in [4.69, 9.17) is 14.2 Å². The molecule has 1 aliphatic rings. The van der Waals surface area contributed by atoms with Gasteiger partial charge >= 0.3 is 11.9 Å². The van der Waals surface area contributed by atoms with Gasteiger partial charge in [-0.2, -0.15) is 0 Å². The van der Waals surface area contributed by atoms with Gasteiger partial charge in [0.15, 0.2) is 10.1 Å². The van der Waals surface area contributed by atoms with Crippen molar-refractivity contribution in [2.45, 2.75) is 23.0 Å². The van der Waals surface area contributed by atoms with Crippen LogP contribution in [0.2, 0.25) is 0 Å². The fourth-order valence-electron chi connectivity index (χ4n) is 2.31. The molecule has 0 bridgehead atoms. The lowest BCUT2D eigenvalue weighted by molar-refractivity contribution is -0.290. The smallest absolute Gasteiger partial charge is 0.328 e. The maximum atomic E-state index is 11.9. The molecular formula is C11H17BrO6. The van der Waals surface area contributed by atoms with Crippen LogP contribution in [0.1, 0.15) is 12.8 Å². The Morgan fingerprint density at radius 2 is 1.72 bits per heavy atom. The number of carbonyl (C=O) groups excluding carboxylic acids is 2. The zero-order valence-corrected chi connectivity index (χ0v) is 12.4. The van der Waals surface area contributed by atoms with Crippen LogP contribution in [0.4, 0.5) is 0 Å². The standard InChI is InChI=1S/C11H17BrO6/c1-15-8(13)5-7-6-10(17-3,18-4)11(7,12)9(14)16-2/h7H,5-6H2,1-4H3. The number of esters is 2. The molecule has 7 heteroatoms. The van der Waals surface area contributed by atoms with Crippen LogP contribution < -0.4 is 0 Å². The molecule has 6 nitrogen and oxygen atoms in total. The third-order valence-electron chi connectivity index (χ3n) is 3.41. The Kier molecular flexibility index (Phi) is 4.74. The van der Waals surface area contributed by atoms with Crippen molar-refractivity contribution in [2.75, 3.05) is 28.4 Å². The third kappa shape index (κ3) is 2.04. The normalized spacial score (nSPS) is 29.3. The maximum Gasteiger partial charge on any atom is 0.328 e. The van der Waals surface area contributed by atoms with E-state index in [1.54, 1.807) is 0 Å². The lowest BCUT2D eigenvalue weighted by Crippen LogP contribution is -2.71. The van der Waals surface area contributed by atoms with Gasteiger partial charge in [0.25, 0.3) is 0 Å². The summed E-state index contributed by atoms with van der Waals surface area (Å²) in [7, 11) is 5.46. The number of hydrogen-bond donors (Lipinski definition) is 0. The predicted octanol–water partition coefficient (Wildman–Crippen LogP) is 0.865. The summed E-state index contributed by atoms with van der Waals surface area (Å²) in [5.41, 5.74) is 0. The Labute approximate surface area is 114 Å². The zero-order valence-electron chi connectivity index (χ0n) is 10.8. The van der Waals surface area contributed by atoms with Crippen LogP contribution in [-0.4, -0.2) is 50.5 Å². The fraction of sp³-hybridized carbons (Fsp3) is 0.818. The summed E-state index contributed by atoms with van der Waals surface area (Å²) in [5, 5.41) is 0.